The van der Waals surface area contributed by atoms with Gasteiger partial charge in [0.05, 0.1) is 5.69 Å². The Morgan fingerprint density at radius 1 is 1.30 bits per heavy atom. The first-order valence-corrected chi connectivity index (χ1v) is 6.54. The minimum absolute atomic E-state index is 0.247. The molecule has 0 aliphatic rings. The molecule has 0 bridgehead atoms. The maximum absolute atomic E-state index is 5.90. The van der Waals surface area contributed by atoms with Crippen LogP contribution in [0.5, 0.6) is 5.75 Å². The van der Waals surface area contributed by atoms with Crippen molar-refractivity contribution in [3.05, 3.63) is 52.9 Å². The van der Waals surface area contributed by atoms with Crippen molar-refractivity contribution in [3.63, 3.8) is 0 Å². The predicted molar refractivity (Wildman–Crippen MR) is 78.9 cm³/mol. The number of ether oxygens (including phenoxy) is 1. The summed E-state index contributed by atoms with van der Waals surface area (Å²) in [4.78, 5) is 4.33. The molecule has 0 saturated carbocycles. The number of aryl methyl sites for hydroxylation is 1. The van der Waals surface area contributed by atoms with Crippen molar-refractivity contribution in [2.75, 3.05) is 5.73 Å². The molecule has 0 amide bonds. The van der Waals surface area contributed by atoms with Crippen molar-refractivity contribution >= 4 is 28.4 Å². The third kappa shape index (κ3) is 2.42. The van der Waals surface area contributed by atoms with Gasteiger partial charge in [-0.3, -0.25) is 0 Å². The fourth-order valence-electron chi connectivity index (χ4n) is 1.99. The lowest BCUT2D eigenvalue weighted by Gasteiger charge is -2.06. The van der Waals surface area contributed by atoms with Gasteiger partial charge in [-0.05, 0) is 42.8 Å². The zero-order valence-electron chi connectivity index (χ0n) is 10.9. The monoisotopic (exact) mass is 288 g/mol. The fraction of sp³-hybridized carbons (Fsp3) is 0.133. The molecule has 0 unspecified atom stereocenters. The van der Waals surface area contributed by atoms with E-state index in [1.54, 1.807) is 12.1 Å². The van der Waals surface area contributed by atoms with E-state index in [1.807, 2.05) is 31.2 Å². The summed E-state index contributed by atoms with van der Waals surface area (Å²) < 4.78 is 11.3. The number of para-hydroxylation sites is 1. The number of nitrogens with two attached hydrogens (primary N) is 1. The molecule has 102 valence electrons. The minimum Gasteiger partial charge on any atom is -0.484 e. The molecule has 5 heteroatoms. The second kappa shape index (κ2) is 5.06. The van der Waals surface area contributed by atoms with Crippen molar-refractivity contribution in [2.45, 2.75) is 13.5 Å². The summed E-state index contributed by atoms with van der Waals surface area (Å²) in [5.74, 6) is 1.25. The van der Waals surface area contributed by atoms with E-state index in [0.717, 1.165) is 11.3 Å². The van der Waals surface area contributed by atoms with Crippen molar-refractivity contribution in [2.24, 2.45) is 0 Å². The van der Waals surface area contributed by atoms with Gasteiger partial charge in [-0.2, -0.15) is 0 Å². The van der Waals surface area contributed by atoms with Crippen molar-refractivity contribution in [1.29, 1.82) is 0 Å². The molecule has 0 radical (unpaired) electrons. The Morgan fingerprint density at radius 3 is 2.90 bits per heavy atom. The molecule has 0 aliphatic heterocycles. The molecule has 4 nitrogen and oxygen atoms in total. The van der Waals surface area contributed by atoms with Gasteiger partial charge in [0.2, 0.25) is 5.89 Å². The summed E-state index contributed by atoms with van der Waals surface area (Å²) >= 11 is 5.90. The maximum Gasteiger partial charge on any atom is 0.233 e. The molecule has 2 aromatic carbocycles. The van der Waals surface area contributed by atoms with Gasteiger partial charge in [-0.25, -0.2) is 4.98 Å². The van der Waals surface area contributed by atoms with Crippen LogP contribution in [-0.2, 0) is 6.61 Å². The standard InChI is InChI=1S/C15H13ClN2O2/c1-9-7-10(16)5-6-12(9)19-8-14-18-15-11(17)3-2-4-13(15)20-14/h2-7H,8,17H2,1H3. The zero-order chi connectivity index (χ0) is 14.1. The Bertz CT molecular complexity index is 768. The highest BCUT2D eigenvalue weighted by atomic mass is 35.5. The molecule has 0 fully saturated rings. The van der Waals surface area contributed by atoms with E-state index >= 15 is 0 Å². The number of nitrogen functional groups attached to an aromatic ring is 1. The van der Waals surface area contributed by atoms with Gasteiger partial charge in [0.1, 0.15) is 11.3 Å². The van der Waals surface area contributed by atoms with E-state index in [4.69, 9.17) is 26.5 Å². The number of hydrogen-bond donors (Lipinski definition) is 1. The average Bonchev–Trinajstić information content (AvgIpc) is 2.82. The molecule has 3 aromatic rings. The van der Waals surface area contributed by atoms with Crippen LogP contribution in [0.1, 0.15) is 11.5 Å². The van der Waals surface area contributed by atoms with Gasteiger partial charge in [0.25, 0.3) is 0 Å². The number of oxazole rings is 1. The van der Waals surface area contributed by atoms with E-state index in [1.165, 1.54) is 0 Å². The SMILES string of the molecule is Cc1cc(Cl)ccc1OCc1nc2c(N)cccc2o1. The van der Waals surface area contributed by atoms with Gasteiger partial charge in [-0.15, -0.1) is 0 Å². The Balaban J connectivity index is 1.81. The van der Waals surface area contributed by atoms with Crippen LogP contribution in [-0.4, -0.2) is 4.98 Å². The molecule has 1 aromatic heterocycles. The summed E-state index contributed by atoms with van der Waals surface area (Å²) in [6.07, 6.45) is 0. The number of benzene rings is 2. The minimum atomic E-state index is 0.247. The van der Waals surface area contributed by atoms with E-state index < -0.39 is 0 Å². The van der Waals surface area contributed by atoms with Crippen LogP contribution in [0.15, 0.2) is 40.8 Å². The van der Waals surface area contributed by atoms with Gasteiger partial charge in [0.15, 0.2) is 12.2 Å². The lowest BCUT2D eigenvalue weighted by Crippen LogP contribution is -1.97. The highest BCUT2D eigenvalue weighted by Crippen LogP contribution is 2.24. The smallest absolute Gasteiger partial charge is 0.233 e. The fourth-order valence-corrected chi connectivity index (χ4v) is 2.22. The van der Waals surface area contributed by atoms with E-state index in [9.17, 15) is 0 Å². The summed E-state index contributed by atoms with van der Waals surface area (Å²) in [5.41, 5.74) is 8.73. The third-order valence-corrected chi connectivity index (χ3v) is 3.22. The van der Waals surface area contributed by atoms with Crippen molar-refractivity contribution < 1.29 is 9.15 Å². The summed E-state index contributed by atoms with van der Waals surface area (Å²) in [6.45, 7) is 2.18. The lowest BCUT2D eigenvalue weighted by molar-refractivity contribution is 0.265. The number of nitrogens with zero attached hydrogens (tertiary/aromatic N) is 1. The maximum atomic E-state index is 5.90. The lowest BCUT2D eigenvalue weighted by atomic mass is 10.2. The van der Waals surface area contributed by atoms with E-state index in [2.05, 4.69) is 4.98 Å². The molecule has 20 heavy (non-hydrogen) atoms. The quantitative estimate of drug-likeness (QED) is 0.741. The topological polar surface area (TPSA) is 61.3 Å². The van der Waals surface area contributed by atoms with Crippen LogP contribution in [0, 0.1) is 6.92 Å². The number of hydrogen-bond acceptors (Lipinski definition) is 4. The Morgan fingerprint density at radius 2 is 2.15 bits per heavy atom. The highest BCUT2D eigenvalue weighted by Gasteiger charge is 2.09. The molecule has 3 rings (SSSR count). The third-order valence-electron chi connectivity index (χ3n) is 2.98. The van der Waals surface area contributed by atoms with Crippen LogP contribution in [0.3, 0.4) is 0 Å². The highest BCUT2D eigenvalue weighted by molar-refractivity contribution is 6.30. The summed E-state index contributed by atoms with van der Waals surface area (Å²) in [6, 6.07) is 10.9. The number of aromatic nitrogens is 1. The zero-order valence-corrected chi connectivity index (χ0v) is 11.6. The molecular weight excluding hydrogens is 276 g/mol. The predicted octanol–water partition coefficient (Wildman–Crippen LogP) is 3.95. The molecule has 0 spiro atoms. The van der Waals surface area contributed by atoms with Crippen LogP contribution < -0.4 is 10.5 Å². The Hall–Kier alpha value is -2.20. The molecule has 1 heterocycles. The number of rotatable bonds is 3. The number of fused-ring (bicyclic) bond motifs is 1. The second-order valence-corrected chi connectivity index (χ2v) is 4.94. The molecular formula is C15H13ClN2O2. The second-order valence-electron chi connectivity index (χ2n) is 4.50. The van der Waals surface area contributed by atoms with Crippen LogP contribution in [0.25, 0.3) is 11.1 Å². The number of anilines is 1. The summed E-state index contributed by atoms with van der Waals surface area (Å²) in [5, 5.41) is 0.685. The van der Waals surface area contributed by atoms with Gasteiger partial charge in [0, 0.05) is 5.02 Å². The average molecular weight is 289 g/mol. The summed E-state index contributed by atoms with van der Waals surface area (Å²) in [7, 11) is 0. The molecule has 2 N–H and O–H groups in total. The van der Waals surface area contributed by atoms with Crippen LogP contribution in [0.2, 0.25) is 5.02 Å². The van der Waals surface area contributed by atoms with Crippen LogP contribution in [0.4, 0.5) is 5.69 Å². The van der Waals surface area contributed by atoms with Crippen molar-refractivity contribution in [3.8, 4) is 5.75 Å². The largest absolute Gasteiger partial charge is 0.484 e. The molecule has 0 aliphatic carbocycles. The van der Waals surface area contributed by atoms with E-state index in [-0.39, 0.29) is 6.61 Å². The van der Waals surface area contributed by atoms with Gasteiger partial charge < -0.3 is 14.9 Å². The first-order chi connectivity index (χ1) is 9.63. The van der Waals surface area contributed by atoms with Crippen LogP contribution >= 0.6 is 11.6 Å². The van der Waals surface area contributed by atoms with Crippen molar-refractivity contribution in [1.82, 2.24) is 4.98 Å². The van der Waals surface area contributed by atoms with Gasteiger partial charge in [-0.1, -0.05) is 17.7 Å². The molecule has 0 atom stereocenters. The van der Waals surface area contributed by atoms with E-state index in [0.29, 0.717) is 27.7 Å². The normalized spacial score (nSPS) is 10.9. The Labute approximate surface area is 121 Å². The Kier molecular flexibility index (Phi) is 3.24. The van der Waals surface area contributed by atoms with Gasteiger partial charge >= 0.3 is 0 Å². The first kappa shape index (κ1) is 12.8. The first-order valence-electron chi connectivity index (χ1n) is 6.16. The number of halogens is 1. The molecule has 0 saturated heterocycles.